The molecule has 1 saturated heterocycles. The van der Waals surface area contributed by atoms with Crippen LogP contribution in [0.15, 0.2) is 0 Å². The van der Waals surface area contributed by atoms with Crippen LogP contribution in [0.5, 0.6) is 0 Å². The molecule has 3 heteroatoms. The molecule has 13 heavy (non-hydrogen) atoms. The van der Waals surface area contributed by atoms with Gasteiger partial charge in [0.1, 0.15) is 0 Å². The molecule has 1 heterocycles. The van der Waals surface area contributed by atoms with Crippen LogP contribution in [0.3, 0.4) is 0 Å². The Balaban J connectivity index is 2.43. The van der Waals surface area contributed by atoms with E-state index in [1.807, 2.05) is 4.90 Å². The average molecular weight is 184 g/mol. The summed E-state index contributed by atoms with van der Waals surface area (Å²) in [7, 11) is 0. The largest absolute Gasteiger partial charge is 0.343 e. The third-order valence-electron chi connectivity index (χ3n) is 3.16. The van der Waals surface area contributed by atoms with Crippen LogP contribution < -0.4 is 5.73 Å². The Hall–Kier alpha value is -0.570. The number of nitrogens with zero attached hydrogens (tertiary/aromatic N) is 1. The van der Waals surface area contributed by atoms with Crippen molar-refractivity contribution in [1.29, 1.82) is 0 Å². The molecule has 0 aromatic heterocycles. The molecule has 1 aliphatic rings. The lowest BCUT2D eigenvalue weighted by molar-refractivity contribution is -0.127. The van der Waals surface area contributed by atoms with Crippen LogP contribution in [0.1, 0.15) is 26.7 Å². The first kappa shape index (κ1) is 10.5. The van der Waals surface area contributed by atoms with Gasteiger partial charge in [0.25, 0.3) is 0 Å². The molecule has 1 fully saturated rings. The summed E-state index contributed by atoms with van der Waals surface area (Å²) in [6.07, 6.45) is 2.27. The number of carbonyl (C=O) groups excluding carboxylic acids is 1. The van der Waals surface area contributed by atoms with E-state index in [1.54, 1.807) is 6.92 Å². The predicted octanol–water partition coefficient (Wildman–Crippen LogP) is 0.840. The minimum atomic E-state index is 0.203. The maximum absolute atomic E-state index is 11.1. The lowest BCUT2D eigenvalue weighted by atomic mass is 9.89. The number of rotatable bonds is 3. The van der Waals surface area contributed by atoms with Crippen molar-refractivity contribution in [3.8, 4) is 0 Å². The standard InChI is InChI=1S/C10H20N2O/c1-3-9(6-11)10-4-5-12(7-10)8(2)13/h9-10H,3-7,11H2,1-2H3. The number of amides is 1. The molecule has 1 aliphatic heterocycles. The van der Waals surface area contributed by atoms with E-state index in [1.165, 1.54) is 0 Å². The van der Waals surface area contributed by atoms with Gasteiger partial charge in [-0.2, -0.15) is 0 Å². The second kappa shape index (κ2) is 4.61. The van der Waals surface area contributed by atoms with Gasteiger partial charge in [-0.25, -0.2) is 0 Å². The van der Waals surface area contributed by atoms with Gasteiger partial charge in [0.15, 0.2) is 0 Å². The molecule has 2 N–H and O–H groups in total. The van der Waals surface area contributed by atoms with Crippen molar-refractivity contribution in [2.45, 2.75) is 26.7 Å². The van der Waals surface area contributed by atoms with E-state index in [0.29, 0.717) is 11.8 Å². The smallest absolute Gasteiger partial charge is 0.219 e. The minimum Gasteiger partial charge on any atom is -0.343 e. The van der Waals surface area contributed by atoms with Gasteiger partial charge in [0, 0.05) is 20.0 Å². The normalized spacial score (nSPS) is 24.8. The van der Waals surface area contributed by atoms with E-state index in [-0.39, 0.29) is 5.91 Å². The van der Waals surface area contributed by atoms with Crippen molar-refractivity contribution < 1.29 is 4.79 Å². The minimum absolute atomic E-state index is 0.203. The molecule has 2 atom stereocenters. The molecular formula is C10H20N2O. The molecule has 0 aromatic rings. The predicted molar refractivity (Wildman–Crippen MR) is 53.2 cm³/mol. The number of hydrogen-bond donors (Lipinski definition) is 1. The lowest BCUT2D eigenvalue weighted by Gasteiger charge is -2.20. The monoisotopic (exact) mass is 184 g/mol. The summed E-state index contributed by atoms with van der Waals surface area (Å²) < 4.78 is 0. The van der Waals surface area contributed by atoms with Crippen molar-refractivity contribution in [2.75, 3.05) is 19.6 Å². The summed E-state index contributed by atoms with van der Waals surface area (Å²) in [5.74, 6) is 1.44. The van der Waals surface area contributed by atoms with Gasteiger partial charge in [-0.1, -0.05) is 13.3 Å². The number of carbonyl (C=O) groups is 1. The van der Waals surface area contributed by atoms with Crippen LogP contribution in [0, 0.1) is 11.8 Å². The van der Waals surface area contributed by atoms with E-state index < -0.39 is 0 Å². The van der Waals surface area contributed by atoms with E-state index >= 15 is 0 Å². The Morgan fingerprint density at radius 2 is 2.38 bits per heavy atom. The van der Waals surface area contributed by atoms with E-state index in [0.717, 1.165) is 32.5 Å². The number of hydrogen-bond acceptors (Lipinski definition) is 2. The fourth-order valence-corrected chi connectivity index (χ4v) is 2.15. The van der Waals surface area contributed by atoms with Gasteiger partial charge < -0.3 is 10.6 Å². The molecule has 0 aromatic carbocycles. The first-order valence-electron chi connectivity index (χ1n) is 5.14. The molecule has 0 aliphatic carbocycles. The Labute approximate surface area is 80.3 Å². The quantitative estimate of drug-likeness (QED) is 0.706. The SMILES string of the molecule is CCC(CN)C1CCN(C(C)=O)C1. The fourth-order valence-electron chi connectivity index (χ4n) is 2.15. The topological polar surface area (TPSA) is 46.3 Å². The Kier molecular flexibility index (Phi) is 3.72. The van der Waals surface area contributed by atoms with Crippen LogP contribution in [0.4, 0.5) is 0 Å². The molecular weight excluding hydrogens is 164 g/mol. The Morgan fingerprint density at radius 1 is 1.69 bits per heavy atom. The highest BCUT2D eigenvalue weighted by molar-refractivity contribution is 5.73. The second-order valence-corrected chi connectivity index (χ2v) is 3.92. The Morgan fingerprint density at radius 3 is 2.77 bits per heavy atom. The maximum Gasteiger partial charge on any atom is 0.219 e. The van der Waals surface area contributed by atoms with Gasteiger partial charge in [-0.3, -0.25) is 4.79 Å². The zero-order valence-corrected chi connectivity index (χ0v) is 8.62. The van der Waals surface area contributed by atoms with Crippen LogP contribution in [-0.2, 0) is 4.79 Å². The third-order valence-corrected chi connectivity index (χ3v) is 3.16. The molecule has 76 valence electrons. The highest BCUT2D eigenvalue weighted by Gasteiger charge is 2.28. The molecule has 0 radical (unpaired) electrons. The van der Waals surface area contributed by atoms with Crippen LogP contribution in [0.25, 0.3) is 0 Å². The van der Waals surface area contributed by atoms with Gasteiger partial charge in [-0.05, 0) is 24.8 Å². The summed E-state index contributed by atoms with van der Waals surface area (Å²) >= 11 is 0. The summed E-state index contributed by atoms with van der Waals surface area (Å²) in [4.78, 5) is 13.0. The van der Waals surface area contributed by atoms with Crippen molar-refractivity contribution in [1.82, 2.24) is 4.90 Å². The molecule has 1 rings (SSSR count). The molecule has 0 spiro atoms. The van der Waals surface area contributed by atoms with Crippen molar-refractivity contribution in [3.63, 3.8) is 0 Å². The van der Waals surface area contributed by atoms with Crippen LogP contribution in [0.2, 0.25) is 0 Å². The highest BCUT2D eigenvalue weighted by Crippen LogP contribution is 2.25. The summed E-state index contributed by atoms with van der Waals surface area (Å²) in [6.45, 7) is 6.42. The summed E-state index contributed by atoms with van der Waals surface area (Å²) in [6, 6.07) is 0. The fraction of sp³-hybridized carbons (Fsp3) is 0.900. The van der Waals surface area contributed by atoms with Crippen molar-refractivity contribution in [2.24, 2.45) is 17.6 Å². The van der Waals surface area contributed by atoms with E-state index in [4.69, 9.17) is 5.73 Å². The van der Waals surface area contributed by atoms with Gasteiger partial charge in [0.2, 0.25) is 5.91 Å². The van der Waals surface area contributed by atoms with Crippen molar-refractivity contribution >= 4 is 5.91 Å². The zero-order chi connectivity index (χ0) is 9.84. The average Bonchev–Trinajstić information content (AvgIpc) is 2.56. The van der Waals surface area contributed by atoms with Gasteiger partial charge in [-0.15, -0.1) is 0 Å². The highest BCUT2D eigenvalue weighted by atomic mass is 16.2. The van der Waals surface area contributed by atoms with Crippen LogP contribution in [-0.4, -0.2) is 30.4 Å². The van der Waals surface area contributed by atoms with Crippen molar-refractivity contribution in [3.05, 3.63) is 0 Å². The number of likely N-dealkylation sites (tertiary alicyclic amines) is 1. The lowest BCUT2D eigenvalue weighted by Crippen LogP contribution is -2.29. The molecule has 2 unspecified atom stereocenters. The van der Waals surface area contributed by atoms with Gasteiger partial charge in [0.05, 0.1) is 0 Å². The van der Waals surface area contributed by atoms with Gasteiger partial charge >= 0.3 is 0 Å². The van der Waals surface area contributed by atoms with E-state index in [9.17, 15) is 4.79 Å². The maximum atomic E-state index is 11.1. The summed E-state index contributed by atoms with van der Waals surface area (Å²) in [5, 5.41) is 0. The van der Waals surface area contributed by atoms with Crippen LogP contribution >= 0.6 is 0 Å². The van der Waals surface area contributed by atoms with E-state index in [2.05, 4.69) is 6.92 Å². The molecule has 1 amide bonds. The third kappa shape index (κ3) is 2.44. The summed E-state index contributed by atoms with van der Waals surface area (Å²) in [5.41, 5.74) is 5.68. The second-order valence-electron chi connectivity index (χ2n) is 3.92. The first-order chi connectivity index (χ1) is 6.19. The first-order valence-corrected chi connectivity index (χ1v) is 5.14. The molecule has 0 saturated carbocycles. The Bertz CT molecular complexity index is 178. The number of nitrogens with two attached hydrogens (primary N) is 1. The molecule has 0 bridgehead atoms. The zero-order valence-electron chi connectivity index (χ0n) is 8.62. The molecule has 3 nitrogen and oxygen atoms in total.